The number of rotatable bonds is 4. The molecule has 19 aromatic rings. The summed E-state index contributed by atoms with van der Waals surface area (Å²) < 4.78 is 25.4. The Morgan fingerprint density at radius 2 is 0.636 bits per heavy atom. The maximum atomic E-state index is 7.16. The first kappa shape index (κ1) is 39.6. The van der Waals surface area contributed by atoms with Crippen LogP contribution in [0, 0.1) is 0 Å². The molecule has 0 aliphatic carbocycles. The molecule has 0 amide bonds. The molecular weight excluding hydrogens is 953 g/mol. The van der Waals surface area contributed by atoms with Crippen molar-refractivity contribution in [3.8, 4) is 22.7 Å². The maximum absolute atomic E-state index is 7.16. The highest BCUT2D eigenvalue weighted by Crippen LogP contribution is 2.42. The van der Waals surface area contributed by atoms with Gasteiger partial charge in [0.25, 0.3) is 0 Å². The van der Waals surface area contributed by atoms with Crippen molar-refractivity contribution in [2.24, 2.45) is 0 Å². The number of furan rings is 1. The van der Waals surface area contributed by atoms with E-state index >= 15 is 0 Å². The molecule has 10 aromatic carbocycles. The number of imidazole rings is 8. The van der Waals surface area contributed by atoms with Gasteiger partial charge in [-0.3, -0.25) is 35.9 Å². The number of aromatic nitrogens is 12. The monoisotopic (exact) mass is 988 g/mol. The summed E-state index contributed by atoms with van der Waals surface area (Å²) in [5, 5.41) is 1.97. The van der Waals surface area contributed by atoms with Crippen molar-refractivity contribution < 1.29 is 4.42 Å². The summed E-state index contributed by atoms with van der Waals surface area (Å²) in [4.78, 5) is 21.2. The Balaban J connectivity index is 0.850. The first-order valence-electron chi connectivity index (χ1n) is 25.7. The first-order valence-corrected chi connectivity index (χ1v) is 25.7. The van der Waals surface area contributed by atoms with Gasteiger partial charge in [0.2, 0.25) is 23.1 Å². The van der Waals surface area contributed by atoms with E-state index in [-0.39, 0.29) is 0 Å². The molecule has 9 aromatic heterocycles. The molecule has 358 valence electrons. The van der Waals surface area contributed by atoms with Crippen LogP contribution in [0.15, 0.2) is 223 Å². The Labute approximate surface area is 432 Å². The van der Waals surface area contributed by atoms with Crippen molar-refractivity contribution in [3.05, 3.63) is 218 Å². The van der Waals surface area contributed by atoms with E-state index in [0.29, 0.717) is 0 Å². The second-order valence-electron chi connectivity index (χ2n) is 20.0. The van der Waals surface area contributed by atoms with Gasteiger partial charge in [0, 0.05) is 5.39 Å². The summed E-state index contributed by atoms with van der Waals surface area (Å²) in [5.74, 6) is 3.31. The molecule has 0 radical (unpaired) electrons. The summed E-state index contributed by atoms with van der Waals surface area (Å²) in [6.07, 6.45) is 0. The van der Waals surface area contributed by atoms with Crippen LogP contribution in [0.25, 0.3) is 156 Å². The molecule has 13 heteroatoms. The Morgan fingerprint density at radius 3 is 1.12 bits per heavy atom. The zero-order valence-corrected chi connectivity index (χ0v) is 40.6. The topological polar surface area (TPSA) is 102 Å². The minimum absolute atomic E-state index is 0.756. The lowest BCUT2D eigenvalue weighted by Gasteiger charge is -2.09. The highest BCUT2D eigenvalue weighted by atomic mass is 16.3. The molecule has 0 unspecified atom stereocenters. The van der Waals surface area contributed by atoms with Crippen LogP contribution in [-0.2, 0) is 0 Å². The van der Waals surface area contributed by atoms with Gasteiger partial charge in [0.1, 0.15) is 5.58 Å². The van der Waals surface area contributed by atoms with Crippen molar-refractivity contribution in [2.45, 2.75) is 0 Å². The fourth-order valence-corrected chi connectivity index (χ4v) is 12.9. The number of benzene rings is 10. The van der Waals surface area contributed by atoms with Crippen LogP contribution in [0.5, 0.6) is 0 Å². The number of hydrogen-bond donors (Lipinski definition) is 0. The Morgan fingerprint density at radius 1 is 0.273 bits per heavy atom. The zero-order chi connectivity index (χ0) is 49.8. The maximum Gasteiger partial charge on any atom is 0.220 e. The molecule has 0 aliphatic rings. The predicted octanol–water partition coefficient (Wildman–Crippen LogP) is 14.6. The second kappa shape index (κ2) is 14.0. The molecule has 0 saturated heterocycles. The third-order valence-corrected chi connectivity index (χ3v) is 16.1. The third-order valence-electron chi connectivity index (χ3n) is 16.1. The molecule has 0 spiro atoms. The van der Waals surface area contributed by atoms with Gasteiger partial charge in [-0.25, -0.2) is 19.9 Å². The zero-order valence-electron chi connectivity index (χ0n) is 40.6. The lowest BCUT2D eigenvalue weighted by atomic mass is 10.1. The van der Waals surface area contributed by atoms with Crippen molar-refractivity contribution in [1.29, 1.82) is 0 Å². The van der Waals surface area contributed by atoms with Gasteiger partial charge in [0.15, 0.2) is 5.58 Å². The largest absolute Gasteiger partial charge is 0.454 e. The van der Waals surface area contributed by atoms with Crippen molar-refractivity contribution >= 4 is 133 Å². The summed E-state index contributed by atoms with van der Waals surface area (Å²) >= 11 is 0. The Kier molecular flexibility index (Phi) is 7.21. The van der Waals surface area contributed by atoms with Gasteiger partial charge in [-0.2, -0.15) is 0 Å². The summed E-state index contributed by atoms with van der Waals surface area (Å²) in [7, 11) is 0. The first-order chi connectivity index (χ1) is 38.2. The fourth-order valence-electron chi connectivity index (χ4n) is 12.9. The lowest BCUT2D eigenvalue weighted by molar-refractivity contribution is 0.666. The minimum atomic E-state index is 0.756. The van der Waals surface area contributed by atoms with E-state index in [9.17, 15) is 0 Å². The van der Waals surface area contributed by atoms with Gasteiger partial charge in [0.05, 0.1) is 116 Å². The fraction of sp³-hybridized carbons (Fsp3) is 0. The number of hydrogen-bond acceptors (Lipinski definition) is 5. The molecule has 19 rings (SSSR count). The normalized spacial score (nSPS) is 12.7. The standard InChI is InChI=1S/C64H36N12O/c1-5-20-44-40(16-1)65-61-69(48-24-9-11-26-50(48)71(44)61)37-31-33-52-56(35-37)73-46-22-7-3-18-42(46)67-63(73)75(52)54-28-14-30-58-59(54)39-15-13-29-55(60(39)77-58)76-53-34-32-38(36-57(53)74-47-23-8-4-19-43(47)68-64(74)76)70-49-25-10-12-27-51(49)72-45-21-6-2-17-41(45)66-62(70)72/h1-36H. The van der Waals surface area contributed by atoms with E-state index in [0.717, 1.165) is 156 Å². The summed E-state index contributed by atoms with van der Waals surface area (Å²) in [6, 6.07) is 76.7. The molecule has 13 nitrogen and oxygen atoms in total. The minimum Gasteiger partial charge on any atom is -0.454 e. The molecule has 0 N–H and O–H groups in total. The predicted molar refractivity (Wildman–Crippen MR) is 306 cm³/mol. The molecule has 0 atom stereocenters. The van der Waals surface area contributed by atoms with Crippen LogP contribution in [0.4, 0.5) is 0 Å². The quantitative estimate of drug-likeness (QED) is 0.175. The molecule has 0 aliphatic heterocycles. The average Bonchev–Trinajstić information content (AvgIpc) is 4.52. The smallest absolute Gasteiger partial charge is 0.220 e. The van der Waals surface area contributed by atoms with Gasteiger partial charge < -0.3 is 4.42 Å². The summed E-state index contributed by atoms with van der Waals surface area (Å²) in [6.45, 7) is 0. The second-order valence-corrected chi connectivity index (χ2v) is 20.0. The highest BCUT2D eigenvalue weighted by molar-refractivity contribution is 6.13. The average molecular weight is 989 g/mol. The van der Waals surface area contributed by atoms with E-state index in [1.165, 1.54) is 0 Å². The number of para-hydroxylation sites is 13. The van der Waals surface area contributed by atoms with Gasteiger partial charge in [-0.15, -0.1) is 0 Å². The van der Waals surface area contributed by atoms with Crippen molar-refractivity contribution in [1.82, 2.24) is 55.8 Å². The van der Waals surface area contributed by atoms with E-state index in [2.05, 4.69) is 236 Å². The van der Waals surface area contributed by atoms with Gasteiger partial charge in [-0.1, -0.05) is 91.0 Å². The van der Waals surface area contributed by atoms with Crippen LogP contribution in [-0.4, -0.2) is 55.8 Å². The molecule has 0 saturated carbocycles. The Hall–Kier alpha value is -10.9. The molecule has 77 heavy (non-hydrogen) atoms. The van der Waals surface area contributed by atoms with Crippen LogP contribution in [0.1, 0.15) is 0 Å². The SMILES string of the molecule is c1ccc2c(c1)nc1n(-c3ccc4c(c3)n3c5ccccc5nc3n4-c3cccc4c3oc3cccc(-n5c6ccc(-n7c8ccccc8n8c9ccccc9nc78)cc6n6c7ccccc7nc56)c34)c3ccccc3n21. The molecule has 9 heterocycles. The van der Waals surface area contributed by atoms with Crippen LogP contribution in [0.2, 0.25) is 0 Å². The van der Waals surface area contributed by atoms with E-state index in [1.54, 1.807) is 0 Å². The Bertz CT molecular complexity index is 5800. The molecule has 0 bridgehead atoms. The van der Waals surface area contributed by atoms with Crippen LogP contribution < -0.4 is 0 Å². The van der Waals surface area contributed by atoms with Crippen molar-refractivity contribution in [3.63, 3.8) is 0 Å². The molecule has 0 fully saturated rings. The number of fused-ring (bicyclic) bond motifs is 23. The summed E-state index contributed by atoms with van der Waals surface area (Å²) in [5.41, 5.74) is 21.7. The van der Waals surface area contributed by atoms with E-state index < -0.39 is 0 Å². The van der Waals surface area contributed by atoms with Crippen LogP contribution >= 0.6 is 0 Å². The van der Waals surface area contributed by atoms with E-state index in [4.69, 9.17) is 24.4 Å². The third kappa shape index (κ3) is 4.93. The van der Waals surface area contributed by atoms with E-state index in [1.807, 2.05) is 18.2 Å². The lowest BCUT2D eigenvalue weighted by Crippen LogP contribution is -1.98. The molecular formula is C64H36N12O. The van der Waals surface area contributed by atoms with Crippen LogP contribution in [0.3, 0.4) is 0 Å². The van der Waals surface area contributed by atoms with Gasteiger partial charge >= 0.3 is 0 Å². The highest BCUT2D eigenvalue weighted by Gasteiger charge is 2.27. The van der Waals surface area contributed by atoms with Gasteiger partial charge in [-0.05, 0) is 127 Å². The van der Waals surface area contributed by atoms with Crippen molar-refractivity contribution in [2.75, 3.05) is 0 Å². The number of nitrogens with zero attached hydrogens (tertiary/aromatic N) is 12.